The third-order valence-electron chi connectivity index (χ3n) is 3.55. The van der Waals surface area contributed by atoms with Crippen molar-refractivity contribution in [3.8, 4) is 0 Å². The Labute approximate surface area is 133 Å². The first-order valence-electron chi connectivity index (χ1n) is 6.83. The number of amides is 1. The molecule has 1 aliphatic rings. The van der Waals surface area contributed by atoms with Crippen molar-refractivity contribution < 1.29 is 27.9 Å². The molecule has 1 aromatic carbocycles. The zero-order valence-electron chi connectivity index (χ0n) is 12.7. The summed E-state index contributed by atoms with van der Waals surface area (Å²) >= 11 is 0. The lowest BCUT2D eigenvalue weighted by atomic mass is 10.1. The number of hydrogen-bond donors (Lipinski definition) is 2. The van der Waals surface area contributed by atoms with E-state index in [1.165, 1.54) is 24.3 Å². The summed E-state index contributed by atoms with van der Waals surface area (Å²) in [4.78, 5) is 22.3. The maximum Gasteiger partial charge on any atom is 0.324 e. The highest BCUT2D eigenvalue weighted by Gasteiger charge is 2.44. The summed E-state index contributed by atoms with van der Waals surface area (Å²) in [6.07, 6.45) is 0. The van der Waals surface area contributed by atoms with Gasteiger partial charge in [0.15, 0.2) is 0 Å². The molecule has 0 radical (unpaired) electrons. The molecule has 0 aliphatic carbocycles. The molecule has 1 atom stereocenters. The number of ether oxygens (including phenoxy) is 1. The number of carboxylic acid groups (broad SMARTS) is 1. The number of primary amides is 1. The molecule has 1 unspecified atom stereocenters. The van der Waals surface area contributed by atoms with Crippen molar-refractivity contribution in [1.29, 1.82) is 0 Å². The molecule has 23 heavy (non-hydrogen) atoms. The van der Waals surface area contributed by atoms with E-state index in [2.05, 4.69) is 0 Å². The predicted molar refractivity (Wildman–Crippen MR) is 80.3 cm³/mol. The highest BCUT2D eigenvalue weighted by atomic mass is 32.2. The Morgan fingerprint density at radius 3 is 2.35 bits per heavy atom. The number of nitrogens with two attached hydrogens (primary N) is 1. The molecule has 8 nitrogen and oxygen atoms in total. The van der Waals surface area contributed by atoms with Gasteiger partial charge in [-0.25, -0.2) is 8.42 Å². The van der Waals surface area contributed by atoms with Crippen LogP contribution in [0.4, 0.5) is 0 Å². The molecule has 3 N–H and O–H groups in total. The number of carbonyl (C=O) groups excluding carboxylic acids is 1. The standard InChI is InChI=1S/C14H18N2O6S/c1-14(2)8-16(11(7-22-14)13(18)19)23(20,21)10-5-3-9(4-6-10)12(15)17/h3-6,11H,7-8H2,1-2H3,(H2,15,17)(H,18,19). The molecule has 0 saturated carbocycles. The minimum absolute atomic E-state index is 0.0934. The smallest absolute Gasteiger partial charge is 0.324 e. The number of hydrogen-bond acceptors (Lipinski definition) is 5. The van der Waals surface area contributed by atoms with E-state index in [1.807, 2.05) is 0 Å². The zero-order valence-corrected chi connectivity index (χ0v) is 13.5. The van der Waals surface area contributed by atoms with Crippen LogP contribution >= 0.6 is 0 Å². The lowest BCUT2D eigenvalue weighted by Crippen LogP contribution is -2.58. The molecule has 0 bridgehead atoms. The molecule has 1 fully saturated rings. The Morgan fingerprint density at radius 2 is 1.87 bits per heavy atom. The van der Waals surface area contributed by atoms with Crippen LogP contribution in [0.5, 0.6) is 0 Å². The monoisotopic (exact) mass is 342 g/mol. The van der Waals surface area contributed by atoms with E-state index in [4.69, 9.17) is 10.5 Å². The van der Waals surface area contributed by atoms with Crippen LogP contribution in [-0.4, -0.2) is 54.5 Å². The van der Waals surface area contributed by atoms with Gasteiger partial charge in [0.25, 0.3) is 0 Å². The fraction of sp³-hybridized carbons (Fsp3) is 0.429. The van der Waals surface area contributed by atoms with Gasteiger partial charge < -0.3 is 15.6 Å². The number of nitrogens with zero attached hydrogens (tertiary/aromatic N) is 1. The van der Waals surface area contributed by atoms with Crippen molar-refractivity contribution in [2.45, 2.75) is 30.4 Å². The number of benzene rings is 1. The van der Waals surface area contributed by atoms with E-state index in [-0.39, 0.29) is 23.6 Å². The van der Waals surface area contributed by atoms with Crippen LogP contribution in [-0.2, 0) is 19.6 Å². The first kappa shape index (κ1) is 17.4. The second kappa shape index (κ2) is 5.91. The first-order chi connectivity index (χ1) is 10.5. The van der Waals surface area contributed by atoms with Gasteiger partial charge in [0.2, 0.25) is 15.9 Å². The predicted octanol–water partition coefficient (Wildman–Crippen LogP) is 0.0382. The minimum atomic E-state index is -4.05. The highest BCUT2D eigenvalue weighted by molar-refractivity contribution is 7.89. The molecule has 1 heterocycles. The molecule has 2 rings (SSSR count). The van der Waals surface area contributed by atoms with Crippen molar-refractivity contribution in [3.05, 3.63) is 29.8 Å². The summed E-state index contributed by atoms with van der Waals surface area (Å²) in [6.45, 7) is 3.04. The van der Waals surface area contributed by atoms with Gasteiger partial charge in [-0.15, -0.1) is 0 Å². The zero-order chi connectivity index (χ0) is 17.4. The van der Waals surface area contributed by atoms with Gasteiger partial charge in [-0.1, -0.05) is 0 Å². The van der Waals surface area contributed by atoms with E-state index in [0.717, 1.165) is 4.31 Å². The molecule has 1 amide bonds. The molecule has 126 valence electrons. The van der Waals surface area contributed by atoms with E-state index in [0.29, 0.717) is 0 Å². The Morgan fingerprint density at radius 1 is 1.30 bits per heavy atom. The Bertz CT molecular complexity index is 726. The highest BCUT2D eigenvalue weighted by Crippen LogP contribution is 2.27. The van der Waals surface area contributed by atoms with Gasteiger partial charge in [-0.2, -0.15) is 4.31 Å². The number of carbonyl (C=O) groups is 2. The summed E-state index contributed by atoms with van der Waals surface area (Å²) in [5.74, 6) is -1.96. The van der Waals surface area contributed by atoms with E-state index in [9.17, 15) is 23.1 Å². The Kier molecular flexibility index (Phi) is 4.47. The fourth-order valence-corrected chi connectivity index (χ4v) is 4.01. The summed E-state index contributed by atoms with van der Waals surface area (Å²) in [6, 6.07) is 3.74. The number of sulfonamides is 1. The largest absolute Gasteiger partial charge is 0.480 e. The third-order valence-corrected chi connectivity index (χ3v) is 5.42. The normalized spacial score (nSPS) is 21.7. The van der Waals surface area contributed by atoms with Gasteiger partial charge in [0.1, 0.15) is 6.04 Å². The number of carboxylic acids is 1. The average molecular weight is 342 g/mol. The summed E-state index contributed by atoms with van der Waals surface area (Å²) in [7, 11) is -4.05. The fourth-order valence-electron chi connectivity index (χ4n) is 2.29. The molecule has 9 heteroatoms. The van der Waals surface area contributed by atoms with E-state index >= 15 is 0 Å². The van der Waals surface area contributed by atoms with Crippen LogP contribution in [0, 0.1) is 0 Å². The van der Waals surface area contributed by atoms with Crippen LogP contribution in [0.25, 0.3) is 0 Å². The van der Waals surface area contributed by atoms with Crippen molar-refractivity contribution in [2.75, 3.05) is 13.2 Å². The second-order valence-corrected chi connectivity index (χ2v) is 7.75. The molecule has 1 aliphatic heterocycles. The summed E-state index contributed by atoms with van der Waals surface area (Å²) in [5.41, 5.74) is 4.49. The SMILES string of the molecule is CC1(C)CN(S(=O)(=O)c2ccc(C(N)=O)cc2)C(C(=O)O)CO1. The molecule has 0 aromatic heterocycles. The molecule has 1 saturated heterocycles. The van der Waals surface area contributed by atoms with Crippen molar-refractivity contribution in [2.24, 2.45) is 5.73 Å². The van der Waals surface area contributed by atoms with E-state index in [1.54, 1.807) is 13.8 Å². The average Bonchev–Trinajstić information content (AvgIpc) is 2.46. The molecule has 1 aromatic rings. The van der Waals surface area contributed by atoms with Crippen LogP contribution in [0.1, 0.15) is 24.2 Å². The molecular formula is C14H18N2O6S. The quantitative estimate of drug-likeness (QED) is 0.795. The third kappa shape index (κ3) is 3.52. The van der Waals surface area contributed by atoms with Gasteiger partial charge in [-0.3, -0.25) is 9.59 Å². The number of aliphatic carboxylic acids is 1. The maximum atomic E-state index is 12.8. The molecular weight excluding hydrogens is 324 g/mol. The van der Waals surface area contributed by atoms with Crippen molar-refractivity contribution in [1.82, 2.24) is 4.31 Å². The first-order valence-corrected chi connectivity index (χ1v) is 8.27. The Hall–Kier alpha value is -1.97. The number of morpholine rings is 1. The summed E-state index contributed by atoms with van der Waals surface area (Å²) in [5, 5.41) is 9.26. The van der Waals surface area contributed by atoms with Gasteiger partial charge >= 0.3 is 5.97 Å². The van der Waals surface area contributed by atoms with Crippen LogP contribution in [0.3, 0.4) is 0 Å². The van der Waals surface area contributed by atoms with Crippen LogP contribution in [0.2, 0.25) is 0 Å². The van der Waals surface area contributed by atoms with Gasteiger partial charge in [0.05, 0.1) is 17.1 Å². The van der Waals surface area contributed by atoms with Crippen molar-refractivity contribution in [3.63, 3.8) is 0 Å². The second-order valence-electron chi connectivity index (χ2n) is 5.86. The molecule has 0 spiro atoms. The lowest BCUT2D eigenvalue weighted by Gasteiger charge is -2.40. The van der Waals surface area contributed by atoms with Crippen LogP contribution in [0.15, 0.2) is 29.2 Å². The van der Waals surface area contributed by atoms with Crippen molar-refractivity contribution >= 4 is 21.9 Å². The number of rotatable bonds is 4. The minimum Gasteiger partial charge on any atom is -0.480 e. The van der Waals surface area contributed by atoms with Crippen LogP contribution < -0.4 is 5.73 Å². The Balaban J connectivity index is 2.42. The maximum absolute atomic E-state index is 12.8. The topological polar surface area (TPSA) is 127 Å². The summed E-state index contributed by atoms with van der Waals surface area (Å²) < 4.78 is 31.8. The van der Waals surface area contributed by atoms with Gasteiger partial charge in [0, 0.05) is 12.1 Å². The van der Waals surface area contributed by atoms with E-state index < -0.39 is 33.5 Å². The lowest BCUT2D eigenvalue weighted by molar-refractivity contribution is -0.154. The van der Waals surface area contributed by atoms with Gasteiger partial charge in [-0.05, 0) is 38.1 Å².